The number of carbonyl (C=O) groups excluding carboxylic acids is 1. The normalized spacial score (nSPS) is 15.7. The molecule has 1 saturated heterocycles. The molecule has 0 bridgehead atoms. The van der Waals surface area contributed by atoms with Crippen molar-refractivity contribution in [2.45, 2.75) is 19.8 Å². The van der Waals surface area contributed by atoms with Crippen molar-refractivity contribution in [1.82, 2.24) is 9.88 Å². The number of benzene rings is 1. The number of carbonyl (C=O) groups is 1. The molecule has 3 nitrogen and oxygen atoms in total. The minimum atomic E-state index is -0.0168. The van der Waals surface area contributed by atoms with Crippen LogP contribution in [0.4, 0.5) is 0 Å². The second-order valence-electron chi connectivity index (χ2n) is 6.01. The Morgan fingerprint density at radius 2 is 1.91 bits per heavy atom. The Morgan fingerprint density at radius 3 is 2.65 bits per heavy atom. The summed E-state index contributed by atoms with van der Waals surface area (Å²) in [7, 11) is 0. The number of amides is 1. The Kier molecular flexibility index (Phi) is 4.88. The van der Waals surface area contributed by atoms with Crippen molar-refractivity contribution in [2.75, 3.05) is 13.1 Å². The Bertz CT molecular complexity index is 725. The number of likely N-dealkylation sites (tertiary alicyclic amines) is 1. The van der Waals surface area contributed by atoms with Crippen LogP contribution >= 0.6 is 23.2 Å². The highest BCUT2D eigenvalue weighted by Gasteiger charge is 2.22. The minimum Gasteiger partial charge on any atom is -0.337 e. The van der Waals surface area contributed by atoms with Gasteiger partial charge in [0, 0.05) is 23.7 Å². The van der Waals surface area contributed by atoms with E-state index >= 15 is 0 Å². The highest BCUT2D eigenvalue weighted by molar-refractivity contribution is 6.35. The van der Waals surface area contributed by atoms with Gasteiger partial charge in [-0.2, -0.15) is 0 Å². The number of rotatable bonds is 2. The van der Waals surface area contributed by atoms with Crippen LogP contribution in [-0.4, -0.2) is 28.9 Å². The average Bonchev–Trinajstić information content (AvgIpc) is 2.57. The summed E-state index contributed by atoms with van der Waals surface area (Å²) in [6.45, 7) is 3.81. The van der Waals surface area contributed by atoms with Crippen molar-refractivity contribution in [1.29, 1.82) is 0 Å². The first-order valence-corrected chi connectivity index (χ1v) is 8.52. The molecular formula is C18H18Cl2N2O. The number of pyridine rings is 1. The van der Waals surface area contributed by atoms with Crippen LogP contribution in [0.5, 0.6) is 0 Å². The van der Waals surface area contributed by atoms with Crippen molar-refractivity contribution in [3.8, 4) is 11.3 Å². The summed E-state index contributed by atoms with van der Waals surface area (Å²) >= 11 is 12.3. The fourth-order valence-electron chi connectivity index (χ4n) is 2.77. The summed E-state index contributed by atoms with van der Waals surface area (Å²) in [4.78, 5) is 19.0. The number of nitrogens with zero attached hydrogens (tertiary/aromatic N) is 2. The van der Waals surface area contributed by atoms with Crippen LogP contribution in [0.3, 0.4) is 0 Å². The maximum atomic E-state index is 12.6. The van der Waals surface area contributed by atoms with Gasteiger partial charge in [-0.05, 0) is 49.1 Å². The molecule has 1 aromatic heterocycles. The van der Waals surface area contributed by atoms with E-state index in [4.69, 9.17) is 23.2 Å². The summed E-state index contributed by atoms with van der Waals surface area (Å²) in [5.41, 5.74) is 1.85. The molecule has 1 aromatic carbocycles. The molecule has 0 saturated carbocycles. The summed E-state index contributed by atoms with van der Waals surface area (Å²) in [6.07, 6.45) is 2.09. The van der Waals surface area contributed by atoms with Gasteiger partial charge in [0.05, 0.1) is 10.7 Å². The van der Waals surface area contributed by atoms with E-state index in [2.05, 4.69) is 11.9 Å². The molecule has 0 spiro atoms. The molecule has 2 aromatic rings. The van der Waals surface area contributed by atoms with E-state index < -0.39 is 0 Å². The Hall–Kier alpha value is -1.58. The van der Waals surface area contributed by atoms with Gasteiger partial charge in [0.1, 0.15) is 5.69 Å². The second-order valence-corrected chi connectivity index (χ2v) is 6.85. The molecule has 0 unspecified atom stereocenters. The standard InChI is InChI=1S/C18H18Cl2N2O/c1-12-7-9-22(10-8-12)18(23)17-4-2-3-16(21-17)14-11-13(19)5-6-15(14)20/h2-6,11-12H,7-10H2,1H3. The molecule has 0 atom stereocenters. The van der Waals surface area contributed by atoms with E-state index in [0.717, 1.165) is 31.5 Å². The third-order valence-corrected chi connectivity index (χ3v) is 4.81. The molecule has 0 aliphatic carbocycles. The zero-order valence-corrected chi connectivity index (χ0v) is 14.4. The summed E-state index contributed by atoms with van der Waals surface area (Å²) in [5.74, 6) is 0.667. The lowest BCUT2D eigenvalue weighted by Gasteiger charge is -2.30. The Morgan fingerprint density at radius 1 is 1.17 bits per heavy atom. The lowest BCUT2D eigenvalue weighted by atomic mass is 9.99. The number of piperidine rings is 1. The molecule has 1 fully saturated rings. The molecule has 1 aliphatic heterocycles. The first kappa shape index (κ1) is 16.3. The zero-order valence-electron chi connectivity index (χ0n) is 12.9. The average molecular weight is 349 g/mol. The van der Waals surface area contributed by atoms with Crippen LogP contribution in [0, 0.1) is 5.92 Å². The SMILES string of the molecule is CC1CCN(C(=O)c2cccc(-c3cc(Cl)ccc3Cl)n2)CC1. The topological polar surface area (TPSA) is 33.2 Å². The van der Waals surface area contributed by atoms with Gasteiger partial charge in [0.2, 0.25) is 0 Å². The molecule has 0 radical (unpaired) electrons. The molecule has 3 rings (SSSR count). The smallest absolute Gasteiger partial charge is 0.272 e. The van der Waals surface area contributed by atoms with Crippen molar-refractivity contribution in [3.63, 3.8) is 0 Å². The molecule has 2 heterocycles. The van der Waals surface area contributed by atoms with Gasteiger partial charge in [-0.25, -0.2) is 4.98 Å². The van der Waals surface area contributed by atoms with Crippen LogP contribution < -0.4 is 0 Å². The van der Waals surface area contributed by atoms with Crippen molar-refractivity contribution >= 4 is 29.1 Å². The molecule has 23 heavy (non-hydrogen) atoms. The van der Waals surface area contributed by atoms with E-state index in [1.54, 1.807) is 24.3 Å². The third-order valence-electron chi connectivity index (χ3n) is 4.24. The lowest BCUT2D eigenvalue weighted by molar-refractivity contribution is 0.0691. The van der Waals surface area contributed by atoms with Gasteiger partial charge in [-0.1, -0.05) is 36.2 Å². The van der Waals surface area contributed by atoms with Gasteiger partial charge >= 0.3 is 0 Å². The van der Waals surface area contributed by atoms with Crippen LogP contribution in [0.15, 0.2) is 36.4 Å². The molecule has 120 valence electrons. The van der Waals surface area contributed by atoms with E-state index in [9.17, 15) is 4.79 Å². The van der Waals surface area contributed by atoms with Gasteiger partial charge in [-0.15, -0.1) is 0 Å². The quantitative estimate of drug-likeness (QED) is 0.770. The van der Waals surface area contributed by atoms with Gasteiger partial charge in [0.15, 0.2) is 0 Å². The number of aromatic nitrogens is 1. The van der Waals surface area contributed by atoms with Crippen molar-refractivity contribution < 1.29 is 4.79 Å². The highest BCUT2D eigenvalue weighted by Crippen LogP contribution is 2.29. The van der Waals surface area contributed by atoms with E-state index in [1.165, 1.54) is 0 Å². The van der Waals surface area contributed by atoms with Crippen LogP contribution in [0.2, 0.25) is 10.0 Å². The predicted molar refractivity (Wildman–Crippen MR) is 94.0 cm³/mol. The van der Waals surface area contributed by atoms with Crippen molar-refractivity contribution in [3.05, 3.63) is 52.1 Å². The van der Waals surface area contributed by atoms with Crippen LogP contribution in [0.1, 0.15) is 30.3 Å². The Balaban J connectivity index is 1.88. The third kappa shape index (κ3) is 3.67. The van der Waals surface area contributed by atoms with E-state index in [0.29, 0.717) is 27.4 Å². The molecule has 5 heteroatoms. The van der Waals surface area contributed by atoms with E-state index in [1.807, 2.05) is 17.0 Å². The van der Waals surface area contributed by atoms with Crippen LogP contribution in [0.25, 0.3) is 11.3 Å². The Labute approximate surface area is 146 Å². The molecule has 1 amide bonds. The maximum absolute atomic E-state index is 12.6. The monoisotopic (exact) mass is 348 g/mol. The first-order chi connectivity index (χ1) is 11.0. The largest absolute Gasteiger partial charge is 0.337 e. The molecule has 0 N–H and O–H groups in total. The molecular weight excluding hydrogens is 331 g/mol. The minimum absolute atomic E-state index is 0.0168. The highest BCUT2D eigenvalue weighted by atomic mass is 35.5. The number of hydrogen-bond acceptors (Lipinski definition) is 2. The van der Waals surface area contributed by atoms with E-state index in [-0.39, 0.29) is 5.91 Å². The lowest BCUT2D eigenvalue weighted by Crippen LogP contribution is -2.38. The predicted octanol–water partition coefficient (Wildman–Crippen LogP) is 4.93. The summed E-state index contributed by atoms with van der Waals surface area (Å²) in [6, 6.07) is 10.7. The fraction of sp³-hybridized carbons (Fsp3) is 0.333. The summed E-state index contributed by atoms with van der Waals surface area (Å²) < 4.78 is 0. The number of halogens is 2. The zero-order chi connectivity index (χ0) is 16.4. The fourth-order valence-corrected chi connectivity index (χ4v) is 3.16. The maximum Gasteiger partial charge on any atom is 0.272 e. The molecule has 1 aliphatic rings. The summed E-state index contributed by atoms with van der Waals surface area (Å²) in [5, 5.41) is 1.16. The van der Waals surface area contributed by atoms with Gasteiger partial charge in [-0.3, -0.25) is 4.79 Å². The number of hydrogen-bond donors (Lipinski definition) is 0. The van der Waals surface area contributed by atoms with Gasteiger partial charge < -0.3 is 4.90 Å². The van der Waals surface area contributed by atoms with Gasteiger partial charge in [0.25, 0.3) is 5.91 Å². The van der Waals surface area contributed by atoms with Crippen LogP contribution in [-0.2, 0) is 0 Å². The first-order valence-electron chi connectivity index (χ1n) is 7.76. The second kappa shape index (κ2) is 6.90. The van der Waals surface area contributed by atoms with Crippen molar-refractivity contribution in [2.24, 2.45) is 5.92 Å².